The van der Waals surface area contributed by atoms with Crippen LogP contribution < -0.4 is 10.4 Å². The molecule has 0 unspecified atom stereocenters. The van der Waals surface area contributed by atoms with Crippen LogP contribution in [0.15, 0.2) is 56.8 Å². The highest BCUT2D eigenvalue weighted by atomic mass is 35.5. The zero-order valence-corrected chi connectivity index (χ0v) is 14.5. The third kappa shape index (κ3) is 3.51. The van der Waals surface area contributed by atoms with Crippen LogP contribution in [0.4, 0.5) is 0 Å². The number of oxime groups is 1. The Bertz CT molecular complexity index is 1010. The summed E-state index contributed by atoms with van der Waals surface area (Å²) >= 11 is 5.88. The first-order valence-electron chi connectivity index (χ1n) is 7.63. The Hall–Kier alpha value is -2.79. The fraction of sp³-hybridized carbons (Fsp3) is 0.158. The summed E-state index contributed by atoms with van der Waals surface area (Å²) in [7, 11) is 0. The molecule has 2 aromatic carbocycles. The van der Waals surface area contributed by atoms with E-state index in [-0.39, 0.29) is 0 Å². The minimum atomic E-state index is -0.466. The maximum atomic E-state index is 11.8. The van der Waals surface area contributed by atoms with Gasteiger partial charge in [0.2, 0.25) is 0 Å². The van der Waals surface area contributed by atoms with Gasteiger partial charge in [-0.3, -0.25) is 0 Å². The van der Waals surface area contributed by atoms with Gasteiger partial charge in [-0.25, -0.2) is 4.79 Å². The summed E-state index contributed by atoms with van der Waals surface area (Å²) in [6, 6.07) is 12.3. The maximum absolute atomic E-state index is 11.8. The highest BCUT2D eigenvalue weighted by Crippen LogP contribution is 2.30. The van der Waals surface area contributed by atoms with Crippen LogP contribution in [0.1, 0.15) is 23.6 Å². The molecule has 0 bridgehead atoms. The Balaban J connectivity index is 2.08. The molecule has 6 heteroatoms. The molecule has 5 nitrogen and oxygen atoms in total. The molecule has 0 spiro atoms. The molecule has 3 rings (SSSR count). The highest BCUT2D eigenvalue weighted by molar-refractivity contribution is 6.30. The molecule has 1 aromatic heterocycles. The Morgan fingerprint density at radius 2 is 1.96 bits per heavy atom. The highest BCUT2D eigenvalue weighted by Gasteiger charge is 2.17. The van der Waals surface area contributed by atoms with Gasteiger partial charge >= 0.3 is 5.63 Å². The Kier molecular flexibility index (Phi) is 4.76. The number of aryl methyl sites for hydroxylation is 1. The number of hydrogen-bond donors (Lipinski definition) is 1. The van der Waals surface area contributed by atoms with Crippen LogP contribution in [0.5, 0.6) is 5.75 Å². The Morgan fingerprint density at radius 3 is 2.64 bits per heavy atom. The van der Waals surface area contributed by atoms with Crippen molar-refractivity contribution in [1.82, 2.24) is 0 Å². The van der Waals surface area contributed by atoms with E-state index in [1.165, 1.54) is 6.07 Å². The van der Waals surface area contributed by atoms with Gasteiger partial charge in [0.15, 0.2) is 5.58 Å². The summed E-state index contributed by atoms with van der Waals surface area (Å²) < 4.78 is 11.2. The monoisotopic (exact) mass is 357 g/mol. The van der Waals surface area contributed by atoms with Gasteiger partial charge in [0.1, 0.15) is 12.4 Å². The fourth-order valence-corrected chi connectivity index (χ4v) is 2.75. The topological polar surface area (TPSA) is 72.0 Å². The second-order valence-corrected chi connectivity index (χ2v) is 6.10. The summed E-state index contributed by atoms with van der Waals surface area (Å²) in [4.78, 5) is 11.8. The molecular formula is C19H16ClNO4. The van der Waals surface area contributed by atoms with Crippen LogP contribution in [0.25, 0.3) is 11.0 Å². The van der Waals surface area contributed by atoms with Gasteiger partial charge in [-0.1, -0.05) is 28.9 Å². The molecule has 0 aliphatic carbocycles. The minimum absolute atomic E-state index is 0.296. The first-order chi connectivity index (χ1) is 12.0. The predicted octanol–water partition coefficient (Wildman–Crippen LogP) is 4.53. The molecule has 0 atom stereocenters. The number of hydrogen-bond acceptors (Lipinski definition) is 5. The maximum Gasteiger partial charge on any atom is 0.336 e. The molecule has 128 valence electrons. The second-order valence-electron chi connectivity index (χ2n) is 5.66. The largest absolute Gasteiger partial charge is 0.488 e. The van der Waals surface area contributed by atoms with E-state index in [9.17, 15) is 10.0 Å². The molecule has 1 N–H and O–H groups in total. The Labute approximate surface area is 149 Å². The van der Waals surface area contributed by atoms with Gasteiger partial charge in [-0.05, 0) is 49.2 Å². The molecule has 0 radical (unpaired) electrons. The van der Waals surface area contributed by atoms with Gasteiger partial charge < -0.3 is 14.4 Å². The lowest BCUT2D eigenvalue weighted by molar-refractivity contribution is 0.303. The summed E-state index contributed by atoms with van der Waals surface area (Å²) in [6.07, 6.45) is 0. The van der Waals surface area contributed by atoms with Crippen molar-refractivity contribution in [2.24, 2.45) is 5.16 Å². The van der Waals surface area contributed by atoms with E-state index in [0.717, 1.165) is 16.5 Å². The van der Waals surface area contributed by atoms with E-state index in [0.29, 0.717) is 34.2 Å². The van der Waals surface area contributed by atoms with Gasteiger partial charge in [-0.15, -0.1) is 0 Å². The lowest BCUT2D eigenvalue weighted by Gasteiger charge is -2.13. The molecule has 1 heterocycles. The molecule has 0 aliphatic rings. The van der Waals surface area contributed by atoms with Crippen LogP contribution in [-0.4, -0.2) is 10.9 Å². The zero-order chi connectivity index (χ0) is 18.0. The first kappa shape index (κ1) is 17.0. The summed E-state index contributed by atoms with van der Waals surface area (Å²) in [5.74, 6) is 0.464. The molecule has 0 saturated heterocycles. The van der Waals surface area contributed by atoms with Crippen LogP contribution in [0, 0.1) is 6.92 Å². The van der Waals surface area contributed by atoms with Gasteiger partial charge in [0, 0.05) is 16.5 Å². The predicted molar refractivity (Wildman–Crippen MR) is 97.0 cm³/mol. The van der Waals surface area contributed by atoms with Gasteiger partial charge in [-0.2, -0.15) is 0 Å². The number of ether oxygens (including phenoxy) is 1. The molecule has 0 fully saturated rings. The zero-order valence-electron chi connectivity index (χ0n) is 13.7. The number of rotatable bonds is 4. The van der Waals surface area contributed by atoms with E-state index < -0.39 is 5.63 Å². The van der Waals surface area contributed by atoms with Crippen molar-refractivity contribution < 1.29 is 14.4 Å². The number of fused-ring (bicyclic) bond motifs is 1. The quantitative estimate of drug-likeness (QED) is 0.322. The van der Waals surface area contributed by atoms with E-state index in [1.807, 2.05) is 25.1 Å². The molecule has 0 aliphatic heterocycles. The second kappa shape index (κ2) is 6.99. The van der Waals surface area contributed by atoms with Crippen molar-refractivity contribution in [3.8, 4) is 5.75 Å². The average molecular weight is 358 g/mol. The van der Waals surface area contributed by atoms with Crippen LogP contribution in [0.3, 0.4) is 0 Å². The van der Waals surface area contributed by atoms with Gasteiger partial charge in [0.25, 0.3) is 0 Å². The number of benzene rings is 2. The molecule has 0 saturated carbocycles. The smallest absolute Gasteiger partial charge is 0.336 e. The van der Waals surface area contributed by atoms with Crippen molar-refractivity contribution >= 4 is 28.3 Å². The first-order valence-corrected chi connectivity index (χ1v) is 8.01. The summed E-state index contributed by atoms with van der Waals surface area (Å²) in [5.41, 5.74) is 2.34. The normalized spacial score (nSPS) is 11.7. The van der Waals surface area contributed by atoms with E-state index >= 15 is 0 Å². The van der Waals surface area contributed by atoms with Crippen LogP contribution in [0.2, 0.25) is 5.02 Å². The molecular weight excluding hydrogens is 342 g/mol. The molecule has 3 aromatic rings. The van der Waals surface area contributed by atoms with Crippen molar-refractivity contribution in [3.05, 3.63) is 74.6 Å². The van der Waals surface area contributed by atoms with Crippen molar-refractivity contribution in [2.45, 2.75) is 20.5 Å². The number of halogens is 1. The standard InChI is InChI=1S/C19H16ClNO4/c1-11-9-17(22)25-19-15(11)7-8-16(18(19)12(2)21-23)24-10-13-3-5-14(20)6-4-13/h3-9,23H,10H2,1-2H3/b21-12-. The molecule has 25 heavy (non-hydrogen) atoms. The minimum Gasteiger partial charge on any atom is -0.488 e. The van der Waals surface area contributed by atoms with Crippen molar-refractivity contribution in [2.75, 3.05) is 0 Å². The van der Waals surface area contributed by atoms with E-state index in [4.69, 9.17) is 20.8 Å². The summed E-state index contributed by atoms with van der Waals surface area (Å²) in [6.45, 7) is 3.74. The average Bonchev–Trinajstić information content (AvgIpc) is 2.60. The third-order valence-electron chi connectivity index (χ3n) is 3.90. The third-order valence-corrected chi connectivity index (χ3v) is 4.15. The SMILES string of the molecule is C/C(=N/O)c1c(OCc2ccc(Cl)cc2)ccc2c(C)cc(=O)oc12. The summed E-state index contributed by atoms with van der Waals surface area (Å²) in [5, 5.41) is 13.9. The van der Waals surface area contributed by atoms with E-state index in [2.05, 4.69) is 5.16 Å². The lowest BCUT2D eigenvalue weighted by Crippen LogP contribution is -2.06. The van der Waals surface area contributed by atoms with Crippen LogP contribution >= 0.6 is 11.6 Å². The molecule has 0 amide bonds. The number of nitrogens with zero attached hydrogens (tertiary/aromatic N) is 1. The fourth-order valence-electron chi connectivity index (χ4n) is 2.62. The van der Waals surface area contributed by atoms with E-state index in [1.54, 1.807) is 25.1 Å². The lowest BCUT2D eigenvalue weighted by atomic mass is 10.0. The van der Waals surface area contributed by atoms with Gasteiger partial charge in [0.05, 0.1) is 11.3 Å². The van der Waals surface area contributed by atoms with Crippen LogP contribution in [-0.2, 0) is 6.61 Å². The van der Waals surface area contributed by atoms with Crippen molar-refractivity contribution in [3.63, 3.8) is 0 Å². The van der Waals surface area contributed by atoms with Crippen molar-refractivity contribution in [1.29, 1.82) is 0 Å². The Morgan fingerprint density at radius 1 is 1.24 bits per heavy atom.